The minimum Gasteiger partial charge on any atom is -0.486 e. The first-order valence-electron chi connectivity index (χ1n) is 8.06. The van der Waals surface area contributed by atoms with E-state index in [1.165, 1.54) is 24.3 Å². The summed E-state index contributed by atoms with van der Waals surface area (Å²) in [6.07, 6.45) is 0. The minimum absolute atomic E-state index is 0.0200. The molecule has 0 atom stereocenters. The molecule has 2 aromatic carbocycles. The van der Waals surface area contributed by atoms with Gasteiger partial charge in [0.2, 0.25) is 0 Å². The molecule has 144 valence electrons. The zero-order valence-electron chi connectivity index (χ0n) is 14.6. The van der Waals surface area contributed by atoms with E-state index in [9.17, 15) is 14.9 Å². The topological polar surface area (TPSA) is 94.6 Å². The van der Waals surface area contributed by atoms with Gasteiger partial charge in [-0.1, -0.05) is 23.2 Å². The van der Waals surface area contributed by atoms with Crippen molar-refractivity contribution in [2.24, 2.45) is 0 Å². The summed E-state index contributed by atoms with van der Waals surface area (Å²) in [6.45, 7) is 1.70. The summed E-state index contributed by atoms with van der Waals surface area (Å²) in [4.78, 5) is 22.6. The van der Waals surface area contributed by atoms with Crippen molar-refractivity contribution >= 4 is 40.5 Å². The molecule has 7 nitrogen and oxygen atoms in total. The number of nitrogens with one attached hydrogen (secondary N) is 1. The molecule has 0 fully saturated rings. The van der Waals surface area contributed by atoms with Crippen molar-refractivity contribution in [3.8, 4) is 5.75 Å². The van der Waals surface area contributed by atoms with Gasteiger partial charge in [0.15, 0.2) is 5.76 Å². The van der Waals surface area contributed by atoms with Gasteiger partial charge < -0.3 is 14.5 Å². The van der Waals surface area contributed by atoms with E-state index in [1.54, 1.807) is 31.2 Å². The van der Waals surface area contributed by atoms with Crippen LogP contribution in [0.1, 0.15) is 21.9 Å². The van der Waals surface area contributed by atoms with Crippen LogP contribution in [0.3, 0.4) is 0 Å². The number of carbonyl (C=O) groups excluding carboxylic acids is 1. The Bertz CT molecular complexity index is 1050. The average Bonchev–Trinajstić information content (AvgIpc) is 3.12. The number of nitrogens with zero attached hydrogens (tertiary/aromatic N) is 1. The summed E-state index contributed by atoms with van der Waals surface area (Å²) in [6, 6.07) is 12.3. The molecule has 0 radical (unpaired) electrons. The summed E-state index contributed by atoms with van der Waals surface area (Å²) in [5.74, 6) is 0.539. The van der Waals surface area contributed by atoms with Crippen molar-refractivity contribution in [3.63, 3.8) is 0 Å². The highest BCUT2D eigenvalue weighted by molar-refractivity contribution is 6.42. The molecular weight excluding hydrogens is 407 g/mol. The Morgan fingerprint density at radius 1 is 1.14 bits per heavy atom. The zero-order valence-corrected chi connectivity index (χ0v) is 16.1. The van der Waals surface area contributed by atoms with Gasteiger partial charge in [-0.2, -0.15) is 0 Å². The Kier molecular flexibility index (Phi) is 5.87. The molecule has 1 N–H and O–H groups in total. The minimum atomic E-state index is -0.454. The predicted octanol–water partition coefficient (Wildman–Crippen LogP) is 5.63. The van der Waals surface area contributed by atoms with Crippen LogP contribution in [0.4, 0.5) is 11.4 Å². The Hall–Kier alpha value is -3.03. The molecule has 0 aliphatic rings. The molecule has 28 heavy (non-hydrogen) atoms. The summed E-state index contributed by atoms with van der Waals surface area (Å²) in [7, 11) is 0. The fourth-order valence-corrected chi connectivity index (χ4v) is 2.72. The van der Waals surface area contributed by atoms with Gasteiger partial charge >= 0.3 is 0 Å². The molecular formula is C19H14Cl2N2O5. The molecule has 0 unspecified atom stereocenters. The molecule has 3 rings (SSSR count). The van der Waals surface area contributed by atoms with Crippen LogP contribution in [-0.4, -0.2) is 10.8 Å². The fraction of sp³-hybridized carbons (Fsp3) is 0.105. The van der Waals surface area contributed by atoms with E-state index in [1.807, 2.05) is 0 Å². The first-order chi connectivity index (χ1) is 13.3. The van der Waals surface area contributed by atoms with Gasteiger partial charge in [0.25, 0.3) is 11.6 Å². The van der Waals surface area contributed by atoms with Gasteiger partial charge in [0.05, 0.1) is 15.0 Å². The monoisotopic (exact) mass is 420 g/mol. The highest BCUT2D eigenvalue weighted by Gasteiger charge is 2.14. The molecule has 0 bridgehead atoms. The van der Waals surface area contributed by atoms with Crippen LogP contribution in [0.2, 0.25) is 10.0 Å². The number of benzene rings is 2. The summed E-state index contributed by atoms with van der Waals surface area (Å²) >= 11 is 11.8. The number of nitro benzene ring substituents is 1. The van der Waals surface area contributed by atoms with Crippen molar-refractivity contribution in [1.29, 1.82) is 0 Å². The van der Waals surface area contributed by atoms with Gasteiger partial charge in [-0.25, -0.2) is 0 Å². The number of hydrogen-bond donors (Lipinski definition) is 1. The third-order valence-corrected chi connectivity index (χ3v) is 4.55. The molecule has 0 aliphatic carbocycles. The number of amides is 1. The number of carbonyl (C=O) groups is 1. The number of rotatable bonds is 6. The summed E-state index contributed by atoms with van der Waals surface area (Å²) in [5.41, 5.74) is 0.991. The van der Waals surface area contributed by atoms with Crippen LogP contribution in [0.25, 0.3) is 0 Å². The Balaban J connectivity index is 1.62. The number of anilines is 1. The molecule has 3 aromatic rings. The van der Waals surface area contributed by atoms with Crippen LogP contribution >= 0.6 is 23.2 Å². The van der Waals surface area contributed by atoms with E-state index in [4.69, 9.17) is 32.4 Å². The second-order valence-corrected chi connectivity index (χ2v) is 6.66. The summed E-state index contributed by atoms with van der Waals surface area (Å²) < 4.78 is 11.0. The molecule has 1 aromatic heterocycles. The maximum Gasteiger partial charge on any atom is 0.291 e. The second-order valence-electron chi connectivity index (χ2n) is 5.84. The number of furan rings is 1. The lowest BCUT2D eigenvalue weighted by Gasteiger charge is -2.06. The van der Waals surface area contributed by atoms with Crippen LogP contribution in [-0.2, 0) is 6.61 Å². The van der Waals surface area contributed by atoms with E-state index >= 15 is 0 Å². The van der Waals surface area contributed by atoms with Gasteiger partial charge in [0, 0.05) is 17.3 Å². The third kappa shape index (κ3) is 4.62. The third-order valence-electron chi connectivity index (χ3n) is 3.81. The first kappa shape index (κ1) is 19.7. The lowest BCUT2D eigenvalue weighted by Crippen LogP contribution is -2.10. The van der Waals surface area contributed by atoms with Gasteiger partial charge in [0.1, 0.15) is 18.1 Å². The lowest BCUT2D eigenvalue weighted by molar-refractivity contribution is -0.385. The normalized spacial score (nSPS) is 10.5. The molecule has 0 saturated carbocycles. The highest BCUT2D eigenvalue weighted by Crippen LogP contribution is 2.26. The van der Waals surface area contributed by atoms with E-state index in [0.717, 1.165) is 0 Å². The van der Waals surface area contributed by atoms with E-state index in [2.05, 4.69) is 5.32 Å². The van der Waals surface area contributed by atoms with Crippen molar-refractivity contribution in [2.45, 2.75) is 13.5 Å². The standard InChI is InChI=1S/C19H14Cl2N2O5/c1-11-8-13(3-6-17(11)23(25)26)27-10-14-4-7-18(28-14)19(24)22-12-2-5-15(20)16(21)9-12/h2-9H,10H2,1H3,(H,22,24). The Morgan fingerprint density at radius 3 is 2.61 bits per heavy atom. The number of nitro groups is 1. The number of aryl methyl sites for hydroxylation is 1. The van der Waals surface area contributed by atoms with E-state index in [0.29, 0.717) is 32.8 Å². The van der Waals surface area contributed by atoms with Crippen molar-refractivity contribution in [3.05, 3.63) is 85.8 Å². The largest absolute Gasteiger partial charge is 0.486 e. The highest BCUT2D eigenvalue weighted by atomic mass is 35.5. The van der Waals surface area contributed by atoms with Gasteiger partial charge in [-0.3, -0.25) is 14.9 Å². The van der Waals surface area contributed by atoms with E-state index < -0.39 is 10.8 Å². The van der Waals surface area contributed by atoms with Gasteiger partial charge in [-0.15, -0.1) is 0 Å². The molecule has 9 heteroatoms. The Labute approximate surface area is 170 Å². The Morgan fingerprint density at radius 2 is 1.93 bits per heavy atom. The first-order valence-corrected chi connectivity index (χ1v) is 8.82. The maximum absolute atomic E-state index is 12.3. The second kappa shape index (κ2) is 8.33. The smallest absolute Gasteiger partial charge is 0.291 e. The molecule has 1 amide bonds. The van der Waals surface area contributed by atoms with Crippen LogP contribution < -0.4 is 10.1 Å². The van der Waals surface area contributed by atoms with Crippen molar-refractivity contribution in [1.82, 2.24) is 0 Å². The SMILES string of the molecule is Cc1cc(OCc2ccc(C(=O)Nc3ccc(Cl)c(Cl)c3)o2)ccc1[N+](=O)[O-]. The van der Waals surface area contributed by atoms with Crippen LogP contribution in [0.5, 0.6) is 5.75 Å². The quantitative estimate of drug-likeness (QED) is 0.411. The van der Waals surface area contributed by atoms with Crippen LogP contribution in [0.15, 0.2) is 52.9 Å². The average molecular weight is 421 g/mol. The van der Waals surface area contributed by atoms with Crippen molar-refractivity contribution < 1.29 is 18.9 Å². The number of hydrogen-bond acceptors (Lipinski definition) is 5. The molecule has 0 saturated heterocycles. The lowest BCUT2D eigenvalue weighted by atomic mass is 10.2. The molecule has 1 heterocycles. The van der Waals surface area contributed by atoms with Crippen LogP contribution in [0, 0.1) is 17.0 Å². The van der Waals surface area contributed by atoms with E-state index in [-0.39, 0.29) is 18.1 Å². The number of halogens is 2. The predicted molar refractivity (Wildman–Crippen MR) is 105 cm³/mol. The number of ether oxygens (including phenoxy) is 1. The van der Waals surface area contributed by atoms with Crippen molar-refractivity contribution in [2.75, 3.05) is 5.32 Å². The fourth-order valence-electron chi connectivity index (χ4n) is 2.42. The van der Waals surface area contributed by atoms with Gasteiger partial charge in [-0.05, 0) is 49.4 Å². The molecule has 0 aliphatic heterocycles. The maximum atomic E-state index is 12.3. The zero-order chi connectivity index (χ0) is 20.3. The summed E-state index contributed by atoms with van der Waals surface area (Å²) in [5, 5.41) is 14.2. The molecule has 0 spiro atoms.